The topological polar surface area (TPSA) is 52.3 Å². The monoisotopic (exact) mass is 371 g/mol. The van der Waals surface area contributed by atoms with E-state index in [1.54, 1.807) is 0 Å². The zero-order valence-corrected chi connectivity index (χ0v) is 12.6. The molecule has 0 unspecified atom stereocenters. The second kappa shape index (κ2) is 7.27. The lowest BCUT2D eigenvalue weighted by Gasteiger charge is -2.11. The van der Waals surface area contributed by atoms with Gasteiger partial charge in [-0.15, -0.1) is 12.4 Å². The highest BCUT2D eigenvalue weighted by Gasteiger charge is 2.12. The molecular weight excluding hydrogens is 361 g/mol. The second-order valence-electron chi connectivity index (χ2n) is 3.06. The number of methoxy groups -OCH3 is 1. The molecule has 0 amide bonds. The lowest BCUT2D eigenvalue weighted by atomic mass is 10.1. The number of carbonyl (C=O) groups excluding carboxylic acids is 1. The van der Waals surface area contributed by atoms with Crippen molar-refractivity contribution in [2.24, 2.45) is 5.73 Å². The summed E-state index contributed by atoms with van der Waals surface area (Å²) in [4.78, 5) is 11.0. The van der Waals surface area contributed by atoms with Crippen LogP contribution in [0.2, 0.25) is 0 Å². The summed E-state index contributed by atoms with van der Waals surface area (Å²) in [5.74, 6) is -0.304. The predicted molar refractivity (Wildman–Crippen MR) is 72.7 cm³/mol. The van der Waals surface area contributed by atoms with Gasteiger partial charge in [-0.2, -0.15) is 0 Å². The molecule has 0 spiro atoms. The highest BCUT2D eigenvalue weighted by molar-refractivity contribution is 9.13. The third kappa shape index (κ3) is 4.41. The number of ether oxygens (including phenoxy) is 1. The zero-order valence-electron chi connectivity index (χ0n) is 8.57. The molecule has 6 heteroatoms. The quantitative estimate of drug-likeness (QED) is 0.828. The maximum atomic E-state index is 11.0. The number of rotatable bonds is 3. The summed E-state index contributed by atoms with van der Waals surface area (Å²) in [6.45, 7) is 0. The third-order valence-corrected chi connectivity index (χ3v) is 3.87. The van der Waals surface area contributed by atoms with Crippen molar-refractivity contribution in [3.63, 3.8) is 0 Å². The minimum Gasteiger partial charge on any atom is -0.469 e. The van der Waals surface area contributed by atoms with Crippen LogP contribution in [0.25, 0.3) is 0 Å². The first-order valence-corrected chi connectivity index (χ1v) is 5.90. The van der Waals surface area contributed by atoms with Crippen LogP contribution in [0, 0.1) is 0 Å². The minimum absolute atomic E-state index is 0. The van der Waals surface area contributed by atoms with Gasteiger partial charge in [0, 0.05) is 15.0 Å². The Morgan fingerprint density at radius 2 is 2.06 bits per heavy atom. The molecule has 0 saturated carbocycles. The molecule has 1 aromatic rings. The van der Waals surface area contributed by atoms with Crippen LogP contribution in [0.5, 0.6) is 0 Å². The number of esters is 1. The van der Waals surface area contributed by atoms with Crippen LogP contribution >= 0.6 is 44.3 Å². The zero-order chi connectivity index (χ0) is 11.4. The summed E-state index contributed by atoms with van der Waals surface area (Å²) < 4.78 is 6.43. The van der Waals surface area contributed by atoms with Crippen molar-refractivity contribution in [1.82, 2.24) is 0 Å². The van der Waals surface area contributed by atoms with E-state index >= 15 is 0 Å². The first-order valence-electron chi connectivity index (χ1n) is 4.32. The number of nitrogens with two attached hydrogens (primary N) is 1. The van der Waals surface area contributed by atoms with Gasteiger partial charge in [0.25, 0.3) is 0 Å². The molecule has 90 valence electrons. The fourth-order valence-corrected chi connectivity index (χ4v) is 1.77. The summed E-state index contributed by atoms with van der Waals surface area (Å²) >= 11 is 6.74. The molecule has 0 saturated heterocycles. The molecule has 16 heavy (non-hydrogen) atoms. The van der Waals surface area contributed by atoms with Gasteiger partial charge < -0.3 is 10.5 Å². The average Bonchev–Trinajstić information content (AvgIpc) is 2.21. The molecule has 0 fully saturated rings. The van der Waals surface area contributed by atoms with E-state index < -0.39 is 0 Å². The Morgan fingerprint density at radius 3 is 2.56 bits per heavy atom. The van der Waals surface area contributed by atoms with Crippen LogP contribution < -0.4 is 5.73 Å². The van der Waals surface area contributed by atoms with Crippen molar-refractivity contribution < 1.29 is 9.53 Å². The molecule has 3 nitrogen and oxygen atoms in total. The van der Waals surface area contributed by atoms with Gasteiger partial charge in [-0.1, -0.05) is 6.07 Å². The summed E-state index contributed by atoms with van der Waals surface area (Å²) in [5, 5.41) is 0. The van der Waals surface area contributed by atoms with Crippen LogP contribution in [0.3, 0.4) is 0 Å². The van der Waals surface area contributed by atoms with Gasteiger partial charge in [0.1, 0.15) is 0 Å². The fourth-order valence-electron chi connectivity index (χ4n) is 1.12. The summed E-state index contributed by atoms with van der Waals surface area (Å²) in [6.07, 6.45) is 0.185. The minimum atomic E-state index is -0.332. The predicted octanol–water partition coefficient (Wildman–Crippen LogP) is 3.20. The molecule has 0 aliphatic carbocycles. The highest BCUT2D eigenvalue weighted by Crippen LogP contribution is 2.26. The molecule has 0 aliphatic heterocycles. The molecular formula is C10H12Br2ClNO2. The van der Waals surface area contributed by atoms with E-state index in [1.807, 2.05) is 18.2 Å². The Hall–Kier alpha value is -0.100. The van der Waals surface area contributed by atoms with Crippen molar-refractivity contribution in [1.29, 1.82) is 0 Å². The molecule has 0 heterocycles. The molecule has 0 aromatic heterocycles. The lowest BCUT2D eigenvalue weighted by Crippen LogP contribution is -2.16. The maximum Gasteiger partial charge on any atom is 0.307 e. The molecule has 0 bridgehead atoms. The molecule has 1 aromatic carbocycles. The van der Waals surface area contributed by atoms with Crippen molar-refractivity contribution in [2.75, 3.05) is 7.11 Å². The first-order chi connectivity index (χ1) is 7.04. The van der Waals surface area contributed by atoms with E-state index in [2.05, 4.69) is 36.6 Å². The van der Waals surface area contributed by atoms with Gasteiger partial charge >= 0.3 is 5.97 Å². The fraction of sp³-hybridized carbons (Fsp3) is 0.300. The van der Waals surface area contributed by atoms with E-state index in [0.717, 1.165) is 14.5 Å². The Balaban J connectivity index is 0.00000225. The summed E-state index contributed by atoms with van der Waals surface area (Å²) in [7, 11) is 1.35. The number of halogens is 3. The van der Waals surface area contributed by atoms with Crippen LogP contribution in [0.4, 0.5) is 0 Å². The SMILES string of the molecule is COC(=O)C[C@H](N)c1ccc(Br)c(Br)c1.Cl. The van der Waals surface area contributed by atoms with E-state index in [0.29, 0.717) is 0 Å². The Labute approximate surface area is 117 Å². The van der Waals surface area contributed by atoms with Crippen molar-refractivity contribution in [3.05, 3.63) is 32.7 Å². The van der Waals surface area contributed by atoms with Crippen molar-refractivity contribution in [3.8, 4) is 0 Å². The third-order valence-electron chi connectivity index (χ3n) is 1.99. The Kier molecular flexibility index (Phi) is 7.22. The highest BCUT2D eigenvalue weighted by atomic mass is 79.9. The van der Waals surface area contributed by atoms with Gasteiger partial charge in [-0.3, -0.25) is 4.79 Å². The van der Waals surface area contributed by atoms with Crippen molar-refractivity contribution >= 4 is 50.2 Å². The Bertz CT molecular complexity index is 374. The molecule has 0 radical (unpaired) electrons. The summed E-state index contributed by atoms with van der Waals surface area (Å²) in [6, 6.07) is 5.32. The lowest BCUT2D eigenvalue weighted by molar-refractivity contribution is -0.141. The average molecular weight is 373 g/mol. The largest absolute Gasteiger partial charge is 0.469 e. The maximum absolute atomic E-state index is 11.0. The van der Waals surface area contributed by atoms with Gasteiger partial charge in [-0.25, -0.2) is 0 Å². The number of hydrogen-bond acceptors (Lipinski definition) is 3. The summed E-state index contributed by atoms with van der Waals surface area (Å²) in [5.41, 5.74) is 6.75. The molecule has 1 atom stereocenters. The van der Waals surface area contributed by atoms with E-state index in [1.165, 1.54) is 7.11 Å². The second-order valence-corrected chi connectivity index (χ2v) is 4.77. The molecule has 2 N–H and O–H groups in total. The van der Waals surface area contributed by atoms with E-state index in [9.17, 15) is 4.79 Å². The van der Waals surface area contributed by atoms with Gasteiger partial charge in [0.2, 0.25) is 0 Å². The Morgan fingerprint density at radius 1 is 1.44 bits per heavy atom. The normalized spacial score (nSPS) is 11.5. The molecule has 1 rings (SSSR count). The van der Waals surface area contributed by atoms with Gasteiger partial charge in [0.05, 0.1) is 13.5 Å². The van der Waals surface area contributed by atoms with Crippen LogP contribution in [0.15, 0.2) is 27.1 Å². The van der Waals surface area contributed by atoms with E-state index in [4.69, 9.17) is 5.73 Å². The number of carbonyl (C=O) groups is 1. The van der Waals surface area contributed by atoms with E-state index in [-0.39, 0.29) is 30.8 Å². The van der Waals surface area contributed by atoms with Crippen LogP contribution in [0.1, 0.15) is 18.0 Å². The standard InChI is InChI=1S/C10H11Br2NO2.ClH/c1-15-10(14)5-9(13)6-2-3-7(11)8(12)4-6;/h2-4,9H,5,13H2,1H3;1H/t9-;/m0./s1. The number of hydrogen-bond donors (Lipinski definition) is 1. The number of benzene rings is 1. The van der Waals surface area contributed by atoms with Crippen LogP contribution in [-0.4, -0.2) is 13.1 Å². The first kappa shape index (κ1) is 15.9. The van der Waals surface area contributed by atoms with Crippen LogP contribution in [-0.2, 0) is 9.53 Å². The molecule has 0 aliphatic rings. The van der Waals surface area contributed by atoms with Gasteiger partial charge in [0.15, 0.2) is 0 Å². The van der Waals surface area contributed by atoms with Gasteiger partial charge in [-0.05, 0) is 49.6 Å². The van der Waals surface area contributed by atoms with Crippen molar-refractivity contribution in [2.45, 2.75) is 12.5 Å². The smallest absolute Gasteiger partial charge is 0.307 e.